The molecule has 5 heteroatoms. The van der Waals surface area contributed by atoms with E-state index in [9.17, 15) is 5.11 Å². The first-order valence-electron chi connectivity index (χ1n) is 5.68. The molecule has 0 fully saturated rings. The quantitative estimate of drug-likeness (QED) is 0.780. The van der Waals surface area contributed by atoms with Crippen molar-refractivity contribution >= 4 is 0 Å². The molecule has 1 aromatic heterocycles. The lowest BCUT2D eigenvalue weighted by Gasteiger charge is -2.05. The van der Waals surface area contributed by atoms with E-state index >= 15 is 0 Å². The van der Waals surface area contributed by atoms with Gasteiger partial charge in [-0.05, 0) is 31.3 Å². The van der Waals surface area contributed by atoms with E-state index in [2.05, 4.69) is 15.3 Å². The minimum absolute atomic E-state index is 0.228. The molecule has 18 heavy (non-hydrogen) atoms. The molecular formula is C13H15N3O2. The van der Waals surface area contributed by atoms with Crippen LogP contribution < -0.4 is 10.1 Å². The summed E-state index contributed by atoms with van der Waals surface area (Å²) in [6.07, 6.45) is 3.29. The average molecular weight is 245 g/mol. The molecular weight excluding hydrogens is 230 g/mol. The SMILES string of the molecule is CNCCOc1cnc(-c2ccc(O)cc2)nc1. The second kappa shape index (κ2) is 5.97. The van der Waals surface area contributed by atoms with Gasteiger partial charge in [-0.1, -0.05) is 0 Å². The number of phenols is 1. The minimum Gasteiger partial charge on any atom is -0.508 e. The highest BCUT2D eigenvalue weighted by Crippen LogP contribution is 2.19. The zero-order valence-electron chi connectivity index (χ0n) is 10.1. The Balaban J connectivity index is 2.05. The van der Waals surface area contributed by atoms with Crippen LogP contribution in [0.25, 0.3) is 11.4 Å². The van der Waals surface area contributed by atoms with Gasteiger partial charge in [-0.3, -0.25) is 0 Å². The minimum atomic E-state index is 0.228. The lowest BCUT2D eigenvalue weighted by atomic mass is 10.2. The van der Waals surface area contributed by atoms with Crippen LogP contribution in [0.15, 0.2) is 36.7 Å². The maximum atomic E-state index is 9.20. The first kappa shape index (κ1) is 12.3. The second-order valence-electron chi connectivity index (χ2n) is 3.74. The van der Waals surface area contributed by atoms with Gasteiger partial charge in [-0.25, -0.2) is 9.97 Å². The zero-order chi connectivity index (χ0) is 12.8. The Morgan fingerprint density at radius 2 is 1.83 bits per heavy atom. The van der Waals surface area contributed by atoms with Gasteiger partial charge >= 0.3 is 0 Å². The van der Waals surface area contributed by atoms with E-state index in [1.165, 1.54) is 0 Å². The Labute approximate surface area is 105 Å². The van der Waals surface area contributed by atoms with Gasteiger partial charge in [-0.15, -0.1) is 0 Å². The molecule has 5 nitrogen and oxygen atoms in total. The Morgan fingerprint density at radius 1 is 1.17 bits per heavy atom. The predicted molar refractivity (Wildman–Crippen MR) is 68.6 cm³/mol. The monoisotopic (exact) mass is 245 g/mol. The maximum Gasteiger partial charge on any atom is 0.159 e. The highest BCUT2D eigenvalue weighted by Gasteiger charge is 2.01. The number of nitrogens with zero attached hydrogens (tertiary/aromatic N) is 2. The van der Waals surface area contributed by atoms with Crippen LogP contribution >= 0.6 is 0 Å². The van der Waals surface area contributed by atoms with Crippen LogP contribution in [0.4, 0.5) is 0 Å². The molecule has 2 N–H and O–H groups in total. The Hall–Kier alpha value is -2.14. The number of likely N-dealkylation sites (N-methyl/N-ethyl adjacent to an activating group) is 1. The van der Waals surface area contributed by atoms with Crippen molar-refractivity contribution in [2.24, 2.45) is 0 Å². The highest BCUT2D eigenvalue weighted by atomic mass is 16.5. The third-order valence-electron chi connectivity index (χ3n) is 2.37. The lowest BCUT2D eigenvalue weighted by molar-refractivity contribution is 0.316. The summed E-state index contributed by atoms with van der Waals surface area (Å²) in [5.74, 6) is 1.48. The van der Waals surface area contributed by atoms with Crippen molar-refractivity contribution in [3.8, 4) is 22.9 Å². The summed E-state index contributed by atoms with van der Waals surface area (Å²) in [5.41, 5.74) is 0.856. The largest absolute Gasteiger partial charge is 0.508 e. The fourth-order valence-corrected chi connectivity index (χ4v) is 1.42. The van der Waals surface area contributed by atoms with Crippen molar-refractivity contribution in [2.75, 3.05) is 20.2 Å². The summed E-state index contributed by atoms with van der Waals surface area (Å²) >= 11 is 0. The van der Waals surface area contributed by atoms with Crippen molar-refractivity contribution in [1.82, 2.24) is 15.3 Å². The topological polar surface area (TPSA) is 67.3 Å². The van der Waals surface area contributed by atoms with E-state index < -0.39 is 0 Å². The average Bonchev–Trinajstić information content (AvgIpc) is 2.41. The van der Waals surface area contributed by atoms with E-state index in [4.69, 9.17) is 4.74 Å². The van der Waals surface area contributed by atoms with E-state index in [1.807, 2.05) is 7.05 Å². The van der Waals surface area contributed by atoms with Crippen molar-refractivity contribution in [3.05, 3.63) is 36.7 Å². The molecule has 0 radical (unpaired) electrons. The number of hydrogen-bond donors (Lipinski definition) is 2. The summed E-state index contributed by atoms with van der Waals surface area (Å²) in [6, 6.07) is 6.75. The molecule has 0 aliphatic heterocycles. The van der Waals surface area contributed by atoms with Crippen molar-refractivity contribution in [1.29, 1.82) is 0 Å². The van der Waals surface area contributed by atoms with Crippen molar-refractivity contribution in [3.63, 3.8) is 0 Å². The van der Waals surface area contributed by atoms with Gasteiger partial charge in [0.05, 0.1) is 12.4 Å². The molecule has 1 aromatic carbocycles. The summed E-state index contributed by atoms with van der Waals surface area (Å²) in [4.78, 5) is 8.44. The Kier molecular flexibility index (Phi) is 4.09. The Bertz CT molecular complexity index is 483. The normalized spacial score (nSPS) is 10.3. The van der Waals surface area contributed by atoms with Gasteiger partial charge in [0, 0.05) is 12.1 Å². The van der Waals surface area contributed by atoms with E-state index in [0.29, 0.717) is 18.2 Å². The molecule has 2 aromatic rings. The number of phenolic OH excluding ortho intramolecular Hbond substituents is 1. The third-order valence-corrected chi connectivity index (χ3v) is 2.37. The number of aromatic nitrogens is 2. The summed E-state index contributed by atoms with van der Waals surface area (Å²) in [5, 5.41) is 12.2. The van der Waals surface area contributed by atoms with Gasteiger partial charge in [-0.2, -0.15) is 0 Å². The summed E-state index contributed by atoms with van der Waals surface area (Å²) < 4.78 is 5.43. The number of hydrogen-bond acceptors (Lipinski definition) is 5. The molecule has 0 aliphatic carbocycles. The van der Waals surface area contributed by atoms with E-state index in [-0.39, 0.29) is 5.75 Å². The molecule has 0 amide bonds. The summed E-state index contributed by atoms with van der Waals surface area (Å²) in [7, 11) is 1.87. The van der Waals surface area contributed by atoms with Gasteiger partial charge < -0.3 is 15.2 Å². The molecule has 2 rings (SSSR count). The van der Waals surface area contributed by atoms with E-state index in [0.717, 1.165) is 12.1 Å². The summed E-state index contributed by atoms with van der Waals surface area (Å²) in [6.45, 7) is 1.36. The van der Waals surface area contributed by atoms with Gasteiger partial charge in [0.1, 0.15) is 12.4 Å². The standard InChI is InChI=1S/C13H15N3O2/c1-14-6-7-18-12-8-15-13(16-9-12)10-2-4-11(17)5-3-10/h2-5,8-9,14,17H,6-7H2,1H3. The first-order chi connectivity index (χ1) is 8.79. The molecule has 0 aliphatic rings. The first-order valence-corrected chi connectivity index (χ1v) is 5.68. The number of aromatic hydroxyl groups is 1. The van der Waals surface area contributed by atoms with Gasteiger partial charge in [0.25, 0.3) is 0 Å². The maximum absolute atomic E-state index is 9.20. The van der Waals surface area contributed by atoms with Crippen LogP contribution in [0.3, 0.4) is 0 Å². The van der Waals surface area contributed by atoms with Gasteiger partial charge in [0.15, 0.2) is 11.6 Å². The molecule has 0 spiro atoms. The molecule has 0 unspecified atom stereocenters. The molecule has 0 saturated carbocycles. The number of benzene rings is 1. The number of rotatable bonds is 5. The van der Waals surface area contributed by atoms with Crippen LogP contribution in [-0.4, -0.2) is 35.3 Å². The third kappa shape index (κ3) is 3.18. The molecule has 0 bridgehead atoms. The smallest absolute Gasteiger partial charge is 0.159 e. The van der Waals surface area contributed by atoms with Crippen molar-refractivity contribution in [2.45, 2.75) is 0 Å². The van der Waals surface area contributed by atoms with Crippen LogP contribution in [-0.2, 0) is 0 Å². The lowest BCUT2D eigenvalue weighted by Crippen LogP contribution is -2.16. The number of ether oxygens (including phenoxy) is 1. The van der Waals surface area contributed by atoms with Crippen LogP contribution in [0.1, 0.15) is 0 Å². The highest BCUT2D eigenvalue weighted by molar-refractivity contribution is 5.55. The van der Waals surface area contributed by atoms with Crippen LogP contribution in [0.2, 0.25) is 0 Å². The van der Waals surface area contributed by atoms with Gasteiger partial charge in [0.2, 0.25) is 0 Å². The molecule has 0 atom stereocenters. The van der Waals surface area contributed by atoms with Crippen molar-refractivity contribution < 1.29 is 9.84 Å². The number of nitrogens with one attached hydrogen (secondary N) is 1. The fourth-order valence-electron chi connectivity index (χ4n) is 1.42. The van der Waals surface area contributed by atoms with Crippen LogP contribution in [0.5, 0.6) is 11.5 Å². The second-order valence-corrected chi connectivity index (χ2v) is 3.74. The van der Waals surface area contributed by atoms with Crippen LogP contribution in [0, 0.1) is 0 Å². The fraction of sp³-hybridized carbons (Fsp3) is 0.231. The predicted octanol–water partition coefficient (Wildman–Crippen LogP) is 1.45. The van der Waals surface area contributed by atoms with E-state index in [1.54, 1.807) is 36.7 Å². The molecule has 0 saturated heterocycles. The zero-order valence-corrected chi connectivity index (χ0v) is 10.1. The molecule has 94 valence electrons. The molecule has 1 heterocycles. The Morgan fingerprint density at radius 3 is 2.44 bits per heavy atom.